The Labute approximate surface area is 222 Å². The van der Waals surface area contributed by atoms with Gasteiger partial charge in [-0.3, -0.25) is 4.90 Å². The number of halogens is 4. The van der Waals surface area contributed by atoms with E-state index in [9.17, 15) is 4.39 Å². The summed E-state index contributed by atoms with van der Waals surface area (Å²) < 4.78 is 35.3. The van der Waals surface area contributed by atoms with Crippen LogP contribution in [0.2, 0.25) is 5.02 Å². The molecule has 4 aromatic rings. The van der Waals surface area contributed by atoms with Gasteiger partial charge in [0.25, 0.3) is 0 Å². The molecule has 36 heavy (non-hydrogen) atoms. The van der Waals surface area contributed by atoms with E-state index in [1.165, 1.54) is 18.5 Å². The van der Waals surface area contributed by atoms with Crippen molar-refractivity contribution >= 4 is 27.5 Å². The third-order valence-electron chi connectivity index (χ3n) is 6.77. The highest BCUT2D eigenvalue weighted by Gasteiger charge is 2.45. The van der Waals surface area contributed by atoms with Crippen molar-refractivity contribution in [2.75, 3.05) is 13.1 Å². The number of hydrogen-bond acceptors (Lipinski definition) is 4. The van der Waals surface area contributed by atoms with Crippen molar-refractivity contribution in [2.24, 2.45) is 5.92 Å². The van der Waals surface area contributed by atoms with Gasteiger partial charge in [0.2, 0.25) is 12.2 Å². The van der Waals surface area contributed by atoms with Crippen LogP contribution in [0.15, 0.2) is 82.1 Å². The highest BCUT2D eigenvalue weighted by molar-refractivity contribution is 9.10. The molecular formula is C28H25BrClF2N3O. The van der Waals surface area contributed by atoms with Crippen molar-refractivity contribution in [3.8, 4) is 11.4 Å². The zero-order chi connectivity index (χ0) is 25.4. The summed E-state index contributed by atoms with van der Waals surface area (Å²) in [7, 11) is 0. The molecule has 1 fully saturated rings. The average Bonchev–Trinajstić information content (AvgIpc) is 3.32. The van der Waals surface area contributed by atoms with Crippen molar-refractivity contribution < 1.29 is 13.3 Å². The summed E-state index contributed by atoms with van der Waals surface area (Å²) in [6, 6.07) is 20.4. The Morgan fingerprint density at radius 2 is 1.78 bits per heavy atom. The van der Waals surface area contributed by atoms with Crippen molar-refractivity contribution in [1.29, 1.82) is 0 Å². The summed E-state index contributed by atoms with van der Waals surface area (Å²) in [6.07, 6.45) is 1.31. The molecule has 0 aliphatic carbocycles. The largest absolute Gasteiger partial charge is 0.342 e. The van der Waals surface area contributed by atoms with Gasteiger partial charge in [0.15, 0.2) is 0 Å². The fourth-order valence-electron chi connectivity index (χ4n) is 5.36. The Hall–Kier alpha value is -2.61. The van der Waals surface area contributed by atoms with E-state index in [1.807, 2.05) is 42.5 Å². The summed E-state index contributed by atoms with van der Waals surface area (Å²) in [5.41, 5.74) is 2.14. The van der Waals surface area contributed by atoms with Gasteiger partial charge < -0.3 is 4.52 Å². The zero-order valence-electron chi connectivity index (χ0n) is 19.8. The van der Waals surface area contributed by atoms with E-state index < -0.39 is 11.6 Å². The summed E-state index contributed by atoms with van der Waals surface area (Å²) in [5.74, 6) is -0.280. The molecule has 0 radical (unpaired) electrons. The second kappa shape index (κ2) is 10.0. The maximum atomic E-state index is 15.5. The highest BCUT2D eigenvalue weighted by Crippen LogP contribution is 2.46. The van der Waals surface area contributed by atoms with Crippen LogP contribution < -0.4 is 0 Å². The van der Waals surface area contributed by atoms with E-state index in [4.69, 9.17) is 16.1 Å². The lowest BCUT2D eigenvalue weighted by Gasteiger charge is -2.50. The first-order chi connectivity index (χ1) is 17.2. The summed E-state index contributed by atoms with van der Waals surface area (Å²) in [4.78, 5) is 6.49. The Kier molecular flexibility index (Phi) is 6.99. The average molecular weight is 573 g/mol. The van der Waals surface area contributed by atoms with Gasteiger partial charge in [-0.1, -0.05) is 63.0 Å². The predicted octanol–water partition coefficient (Wildman–Crippen LogP) is 7.84. The fraction of sp³-hybridized carbons (Fsp3) is 0.286. The van der Waals surface area contributed by atoms with Crippen LogP contribution in [-0.2, 0) is 0 Å². The molecule has 1 saturated heterocycles. The Morgan fingerprint density at radius 3 is 2.42 bits per heavy atom. The minimum Gasteiger partial charge on any atom is -0.342 e. The SMILES string of the molecule is CC(C)(F)[C@H](c1cc(F)cc(Br)c1)C1CN(C(c2ccc(Cl)cc2)c2cccc(-c3ncon3)c2)C1. The lowest BCUT2D eigenvalue weighted by Crippen LogP contribution is -2.53. The van der Waals surface area contributed by atoms with E-state index in [1.54, 1.807) is 13.8 Å². The van der Waals surface area contributed by atoms with E-state index in [0.29, 0.717) is 34.0 Å². The smallest absolute Gasteiger partial charge is 0.214 e. The van der Waals surface area contributed by atoms with Gasteiger partial charge in [-0.15, -0.1) is 0 Å². The van der Waals surface area contributed by atoms with Crippen molar-refractivity contribution in [3.05, 3.63) is 105 Å². The first-order valence-corrected chi connectivity index (χ1v) is 12.9. The predicted molar refractivity (Wildman–Crippen MR) is 140 cm³/mol. The van der Waals surface area contributed by atoms with Crippen LogP contribution in [0.4, 0.5) is 8.78 Å². The van der Waals surface area contributed by atoms with Gasteiger partial charge in [0, 0.05) is 34.1 Å². The molecule has 1 unspecified atom stereocenters. The van der Waals surface area contributed by atoms with Crippen LogP contribution in [0.3, 0.4) is 0 Å². The summed E-state index contributed by atoms with van der Waals surface area (Å²) >= 11 is 9.54. The van der Waals surface area contributed by atoms with Crippen molar-refractivity contribution in [2.45, 2.75) is 31.5 Å². The number of aromatic nitrogens is 2. The molecule has 0 saturated carbocycles. The minimum absolute atomic E-state index is 0.0221. The number of likely N-dealkylation sites (tertiary alicyclic amines) is 1. The Bertz CT molecular complexity index is 1320. The number of nitrogens with zero attached hydrogens (tertiary/aromatic N) is 3. The molecule has 0 amide bonds. The third kappa shape index (κ3) is 5.24. The fourth-order valence-corrected chi connectivity index (χ4v) is 5.97. The first kappa shape index (κ1) is 25.1. The number of benzene rings is 3. The number of alkyl halides is 1. The van der Waals surface area contributed by atoms with E-state index in [-0.39, 0.29) is 17.8 Å². The number of hydrogen-bond donors (Lipinski definition) is 0. The Balaban J connectivity index is 1.47. The molecular weight excluding hydrogens is 548 g/mol. The monoisotopic (exact) mass is 571 g/mol. The van der Waals surface area contributed by atoms with Gasteiger partial charge in [-0.05, 0) is 72.9 Å². The molecule has 2 atom stereocenters. The maximum absolute atomic E-state index is 15.5. The Morgan fingerprint density at radius 1 is 1.03 bits per heavy atom. The van der Waals surface area contributed by atoms with Gasteiger partial charge >= 0.3 is 0 Å². The molecule has 4 nitrogen and oxygen atoms in total. The van der Waals surface area contributed by atoms with Crippen molar-refractivity contribution in [3.63, 3.8) is 0 Å². The lowest BCUT2D eigenvalue weighted by molar-refractivity contribution is 0.00812. The van der Waals surface area contributed by atoms with Gasteiger partial charge in [0.1, 0.15) is 11.5 Å². The van der Waals surface area contributed by atoms with Gasteiger partial charge in [-0.2, -0.15) is 4.98 Å². The van der Waals surface area contributed by atoms with Crippen molar-refractivity contribution in [1.82, 2.24) is 15.0 Å². The van der Waals surface area contributed by atoms with E-state index in [2.05, 4.69) is 43.1 Å². The molecule has 3 aromatic carbocycles. The van der Waals surface area contributed by atoms with Crippen LogP contribution in [0.5, 0.6) is 0 Å². The van der Waals surface area contributed by atoms with Crippen LogP contribution >= 0.6 is 27.5 Å². The second-order valence-corrected chi connectivity index (χ2v) is 11.1. The molecule has 1 aromatic heterocycles. The standard InChI is InChI=1S/C28H25BrClF2N3O/c1-28(2,32)25(20-11-22(29)13-24(31)12-20)21-14-35(15-21)26(17-6-8-23(30)9-7-17)18-4-3-5-19(10-18)27-33-16-36-34-27/h3-13,16,21,25-26H,14-15H2,1-2H3/t25-,26?/m1/s1. The van der Waals surface area contributed by atoms with E-state index >= 15 is 4.39 Å². The van der Waals surface area contributed by atoms with Crippen LogP contribution in [0, 0.1) is 11.7 Å². The maximum Gasteiger partial charge on any atom is 0.214 e. The molecule has 0 bridgehead atoms. The van der Waals surface area contributed by atoms with E-state index in [0.717, 1.165) is 16.7 Å². The molecule has 0 spiro atoms. The summed E-state index contributed by atoms with van der Waals surface area (Å²) in [6.45, 7) is 4.46. The minimum atomic E-state index is -1.52. The zero-order valence-corrected chi connectivity index (χ0v) is 22.2. The van der Waals surface area contributed by atoms with Gasteiger partial charge in [-0.25, -0.2) is 8.78 Å². The third-order valence-corrected chi connectivity index (χ3v) is 7.48. The molecule has 0 N–H and O–H groups in total. The highest BCUT2D eigenvalue weighted by atomic mass is 79.9. The molecule has 186 valence electrons. The molecule has 2 heterocycles. The van der Waals surface area contributed by atoms with Crippen LogP contribution in [0.25, 0.3) is 11.4 Å². The summed E-state index contributed by atoms with van der Waals surface area (Å²) in [5, 5.41) is 4.63. The molecule has 8 heteroatoms. The lowest BCUT2D eigenvalue weighted by atomic mass is 9.72. The topological polar surface area (TPSA) is 42.2 Å². The quantitative estimate of drug-likeness (QED) is 0.226. The second-order valence-electron chi connectivity index (χ2n) is 9.79. The number of rotatable bonds is 7. The van der Waals surface area contributed by atoms with Gasteiger partial charge in [0.05, 0.1) is 6.04 Å². The molecule has 1 aliphatic rings. The molecule has 1 aliphatic heterocycles. The molecule has 5 rings (SSSR count). The van der Waals surface area contributed by atoms with Crippen LogP contribution in [-0.4, -0.2) is 33.8 Å². The normalized spacial score (nSPS) is 16.5. The first-order valence-electron chi connectivity index (χ1n) is 11.7. The van der Waals surface area contributed by atoms with Crippen LogP contribution in [0.1, 0.15) is 42.5 Å².